The van der Waals surface area contributed by atoms with Crippen LogP contribution in [0.3, 0.4) is 0 Å². The van der Waals surface area contributed by atoms with Gasteiger partial charge in [0.25, 0.3) is 0 Å². The highest BCUT2D eigenvalue weighted by molar-refractivity contribution is 7.89. The summed E-state index contributed by atoms with van der Waals surface area (Å²) in [4.78, 5) is 0.199. The molecule has 0 bridgehead atoms. The molecule has 2 rings (SSSR count). The van der Waals surface area contributed by atoms with E-state index in [1.807, 2.05) is 6.07 Å². The van der Waals surface area contributed by atoms with Crippen LogP contribution in [0.4, 0.5) is 0 Å². The van der Waals surface area contributed by atoms with Gasteiger partial charge in [0.15, 0.2) is 0 Å². The normalized spacial score (nSPS) is 19.5. The molecule has 1 saturated heterocycles. The monoisotopic (exact) mass is 329 g/mol. The summed E-state index contributed by atoms with van der Waals surface area (Å²) in [5.74, 6) is 0.336. The van der Waals surface area contributed by atoms with E-state index >= 15 is 0 Å². The van der Waals surface area contributed by atoms with Gasteiger partial charge in [-0.25, -0.2) is 8.42 Å². The quantitative estimate of drug-likeness (QED) is 0.911. The first kappa shape index (κ1) is 17.9. The van der Waals surface area contributed by atoms with Gasteiger partial charge in [-0.1, -0.05) is 6.07 Å². The van der Waals surface area contributed by atoms with Gasteiger partial charge in [0.1, 0.15) is 0 Å². The number of nitrogens with two attached hydrogens (primary N) is 1. The summed E-state index contributed by atoms with van der Waals surface area (Å²) in [7, 11) is -3.50. The minimum absolute atomic E-state index is 0. The molecule has 0 radical (unpaired) electrons. The molecular formula is C14H20ClN3O2S. The topological polar surface area (TPSA) is 87.2 Å². The third kappa shape index (κ3) is 4.17. The SMILES string of the molecule is Cl.N#Cc1cccc(S(=O)(=O)N2CCCC(CCN)C2)c1. The van der Waals surface area contributed by atoms with Crippen LogP contribution in [0, 0.1) is 17.2 Å². The Balaban J connectivity index is 0.00000220. The van der Waals surface area contributed by atoms with Gasteiger partial charge in [-0.3, -0.25) is 0 Å². The summed E-state index contributed by atoms with van der Waals surface area (Å²) < 4.78 is 26.7. The van der Waals surface area contributed by atoms with Gasteiger partial charge in [0, 0.05) is 13.1 Å². The molecule has 2 N–H and O–H groups in total. The lowest BCUT2D eigenvalue weighted by atomic mass is 9.96. The van der Waals surface area contributed by atoms with Crippen LogP contribution in [0.5, 0.6) is 0 Å². The summed E-state index contributed by atoms with van der Waals surface area (Å²) >= 11 is 0. The maximum Gasteiger partial charge on any atom is 0.243 e. The molecule has 5 nitrogen and oxygen atoms in total. The highest BCUT2D eigenvalue weighted by Crippen LogP contribution is 2.25. The molecule has 7 heteroatoms. The summed E-state index contributed by atoms with van der Waals surface area (Å²) in [6.07, 6.45) is 2.74. The zero-order valence-corrected chi connectivity index (χ0v) is 13.4. The number of benzene rings is 1. The molecule has 0 saturated carbocycles. The largest absolute Gasteiger partial charge is 0.330 e. The van der Waals surface area contributed by atoms with E-state index in [2.05, 4.69) is 0 Å². The number of piperidine rings is 1. The molecule has 0 aliphatic carbocycles. The summed E-state index contributed by atoms with van der Waals surface area (Å²) in [6, 6.07) is 8.16. The van der Waals surface area contributed by atoms with Crippen molar-refractivity contribution in [2.75, 3.05) is 19.6 Å². The van der Waals surface area contributed by atoms with E-state index in [1.54, 1.807) is 18.2 Å². The Kier molecular flexibility index (Phi) is 6.62. The molecule has 0 spiro atoms. The zero-order chi connectivity index (χ0) is 14.6. The molecule has 1 unspecified atom stereocenters. The smallest absolute Gasteiger partial charge is 0.243 e. The lowest BCUT2D eigenvalue weighted by Crippen LogP contribution is -2.40. The van der Waals surface area contributed by atoms with Gasteiger partial charge in [0.05, 0.1) is 16.5 Å². The van der Waals surface area contributed by atoms with Gasteiger partial charge in [-0.05, 0) is 49.9 Å². The Hall–Kier alpha value is -1.13. The molecule has 0 aromatic heterocycles. The summed E-state index contributed by atoms with van der Waals surface area (Å²) in [5, 5.41) is 8.88. The second-order valence-corrected chi connectivity index (χ2v) is 7.03. The van der Waals surface area contributed by atoms with Crippen LogP contribution in [-0.2, 0) is 10.0 Å². The molecular weight excluding hydrogens is 310 g/mol. The molecule has 1 aromatic rings. The minimum Gasteiger partial charge on any atom is -0.330 e. The van der Waals surface area contributed by atoms with Crippen molar-refractivity contribution < 1.29 is 8.42 Å². The molecule has 1 aliphatic heterocycles. The van der Waals surface area contributed by atoms with Gasteiger partial charge >= 0.3 is 0 Å². The average Bonchev–Trinajstić information content (AvgIpc) is 2.48. The number of hydrogen-bond donors (Lipinski definition) is 1. The Morgan fingerprint density at radius 2 is 2.19 bits per heavy atom. The Labute approximate surface area is 132 Å². The molecule has 116 valence electrons. The van der Waals surface area contributed by atoms with E-state index in [1.165, 1.54) is 10.4 Å². The van der Waals surface area contributed by atoms with E-state index in [9.17, 15) is 8.42 Å². The van der Waals surface area contributed by atoms with Crippen molar-refractivity contribution in [1.29, 1.82) is 5.26 Å². The Morgan fingerprint density at radius 1 is 1.43 bits per heavy atom. The standard InChI is InChI=1S/C14H19N3O2S.ClH/c15-7-6-12-4-2-8-17(11-12)20(18,19)14-5-1-3-13(9-14)10-16;/h1,3,5,9,12H,2,4,6-8,11,15H2;1H. The maximum absolute atomic E-state index is 12.6. The van der Waals surface area contributed by atoms with E-state index in [-0.39, 0.29) is 17.3 Å². The number of rotatable bonds is 4. The number of nitrogens with zero attached hydrogens (tertiary/aromatic N) is 2. The first-order chi connectivity index (χ1) is 9.57. The first-order valence-corrected chi connectivity index (χ1v) is 8.22. The predicted octanol–water partition coefficient (Wildman–Crippen LogP) is 1.73. The van der Waals surface area contributed by atoms with Crippen molar-refractivity contribution in [2.24, 2.45) is 11.7 Å². The third-order valence-electron chi connectivity index (χ3n) is 3.66. The first-order valence-electron chi connectivity index (χ1n) is 6.78. The van der Waals surface area contributed by atoms with Crippen LogP contribution in [0.1, 0.15) is 24.8 Å². The molecule has 1 heterocycles. The highest BCUT2D eigenvalue weighted by atomic mass is 35.5. The predicted molar refractivity (Wildman–Crippen MR) is 83.6 cm³/mol. The Morgan fingerprint density at radius 3 is 2.86 bits per heavy atom. The maximum atomic E-state index is 12.6. The van der Waals surface area contributed by atoms with Crippen molar-refractivity contribution in [3.8, 4) is 6.07 Å². The second-order valence-electron chi connectivity index (χ2n) is 5.09. The number of halogens is 1. The third-order valence-corrected chi connectivity index (χ3v) is 5.52. The molecule has 21 heavy (non-hydrogen) atoms. The van der Waals surface area contributed by atoms with Crippen LogP contribution in [0.25, 0.3) is 0 Å². The molecule has 1 aromatic carbocycles. The van der Waals surface area contributed by atoms with Crippen LogP contribution < -0.4 is 5.73 Å². The lowest BCUT2D eigenvalue weighted by Gasteiger charge is -2.31. The summed E-state index contributed by atoms with van der Waals surface area (Å²) in [5.41, 5.74) is 5.92. The van der Waals surface area contributed by atoms with Crippen molar-refractivity contribution in [1.82, 2.24) is 4.31 Å². The second kappa shape index (κ2) is 7.76. The van der Waals surface area contributed by atoms with Gasteiger partial charge < -0.3 is 5.73 Å². The van der Waals surface area contributed by atoms with Crippen molar-refractivity contribution in [2.45, 2.75) is 24.2 Å². The van der Waals surface area contributed by atoms with Gasteiger partial charge in [0.2, 0.25) is 10.0 Å². The average molecular weight is 330 g/mol. The number of sulfonamides is 1. The van der Waals surface area contributed by atoms with E-state index in [0.29, 0.717) is 31.1 Å². The fraction of sp³-hybridized carbons (Fsp3) is 0.500. The lowest BCUT2D eigenvalue weighted by molar-refractivity contribution is 0.258. The molecule has 1 atom stereocenters. The van der Waals surface area contributed by atoms with Crippen molar-refractivity contribution in [3.63, 3.8) is 0 Å². The van der Waals surface area contributed by atoms with E-state index < -0.39 is 10.0 Å². The van der Waals surface area contributed by atoms with Crippen LogP contribution in [0.2, 0.25) is 0 Å². The van der Waals surface area contributed by atoms with Crippen LogP contribution in [-0.4, -0.2) is 32.4 Å². The van der Waals surface area contributed by atoms with Gasteiger partial charge in [-0.15, -0.1) is 12.4 Å². The van der Waals surface area contributed by atoms with Gasteiger partial charge in [-0.2, -0.15) is 9.57 Å². The van der Waals surface area contributed by atoms with Crippen molar-refractivity contribution in [3.05, 3.63) is 29.8 Å². The number of hydrogen-bond acceptors (Lipinski definition) is 4. The van der Waals surface area contributed by atoms with Crippen molar-refractivity contribution >= 4 is 22.4 Å². The molecule has 1 fully saturated rings. The van der Waals surface area contributed by atoms with Crippen LogP contribution in [0.15, 0.2) is 29.2 Å². The van der Waals surface area contributed by atoms with Crippen LogP contribution >= 0.6 is 12.4 Å². The fourth-order valence-electron chi connectivity index (χ4n) is 2.59. The summed E-state index contributed by atoms with van der Waals surface area (Å²) in [6.45, 7) is 1.65. The Bertz CT molecular complexity index is 611. The van der Waals surface area contributed by atoms with E-state index in [4.69, 9.17) is 11.0 Å². The molecule has 0 amide bonds. The zero-order valence-electron chi connectivity index (χ0n) is 11.7. The fourth-order valence-corrected chi connectivity index (χ4v) is 4.19. The highest BCUT2D eigenvalue weighted by Gasteiger charge is 2.29. The van der Waals surface area contributed by atoms with E-state index in [0.717, 1.165) is 19.3 Å². The minimum atomic E-state index is -3.50. The number of nitriles is 1. The molecule has 1 aliphatic rings.